The Labute approximate surface area is 243 Å². The van der Waals surface area contributed by atoms with Gasteiger partial charge in [-0.2, -0.15) is 0 Å². The van der Waals surface area contributed by atoms with Crippen molar-refractivity contribution >= 4 is 87.6 Å². The lowest BCUT2D eigenvalue weighted by Gasteiger charge is -2.13. The van der Waals surface area contributed by atoms with Crippen LogP contribution in [0.4, 0.5) is 0 Å². The summed E-state index contributed by atoms with van der Waals surface area (Å²) in [5.74, 6) is 0. The molecule has 0 saturated carbocycles. The molecule has 0 fully saturated rings. The van der Waals surface area contributed by atoms with Crippen LogP contribution < -0.4 is 0 Å². The maximum atomic E-state index is 2.37. The van der Waals surface area contributed by atoms with Crippen molar-refractivity contribution in [3.05, 3.63) is 157 Å². The minimum absolute atomic E-state index is 1.20. The van der Waals surface area contributed by atoms with Crippen molar-refractivity contribution in [2.24, 2.45) is 0 Å². The van der Waals surface area contributed by atoms with Gasteiger partial charge in [-0.15, -0.1) is 0 Å². The quantitative estimate of drug-likeness (QED) is 0.154. The molecule has 9 aromatic carbocycles. The van der Waals surface area contributed by atoms with Crippen LogP contribution in [-0.2, 0) is 0 Å². The largest absolute Gasteiger partial charge is 0.0616 e. The molecule has 0 aliphatic carbocycles. The Hall–Kier alpha value is -5.46. The molecular formula is C42H26. The Kier molecular flexibility index (Phi) is 5.00. The third kappa shape index (κ3) is 3.56. The first-order chi connectivity index (χ1) is 20.8. The van der Waals surface area contributed by atoms with E-state index in [1.54, 1.807) is 0 Å². The number of hydrogen-bond acceptors (Lipinski definition) is 0. The predicted molar refractivity (Wildman–Crippen MR) is 184 cm³/mol. The highest BCUT2D eigenvalue weighted by Crippen LogP contribution is 2.39. The summed E-state index contributed by atoms with van der Waals surface area (Å²) in [5, 5.41) is 18.2. The summed E-state index contributed by atoms with van der Waals surface area (Å²) in [5.41, 5.74) is 2.41. The first kappa shape index (κ1) is 23.3. The van der Waals surface area contributed by atoms with Crippen LogP contribution >= 0.6 is 0 Å². The van der Waals surface area contributed by atoms with Gasteiger partial charge >= 0.3 is 0 Å². The predicted octanol–water partition coefficient (Wildman–Crippen LogP) is 11.9. The van der Waals surface area contributed by atoms with Crippen LogP contribution in [0, 0.1) is 0 Å². The van der Waals surface area contributed by atoms with E-state index in [0.29, 0.717) is 0 Å². The Morgan fingerprint density at radius 1 is 0.262 bits per heavy atom. The fraction of sp³-hybridized carbons (Fsp3) is 0. The minimum Gasteiger partial charge on any atom is -0.0616 e. The normalized spacial score (nSPS) is 12.2. The Balaban J connectivity index is 1.27. The third-order valence-electron chi connectivity index (χ3n) is 8.95. The highest BCUT2D eigenvalue weighted by atomic mass is 14.1. The molecule has 0 heterocycles. The van der Waals surface area contributed by atoms with Crippen LogP contribution in [0.2, 0.25) is 0 Å². The van der Waals surface area contributed by atoms with Gasteiger partial charge in [0, 0.05) is 0 Å². The summed E-state index contributed by atoms with van der Waals surface area (Å²) in [4.78, 5) is 0. The molecular weight excluding hydrogens is 504 g/mol. The van der Waals surface area contributed by atoms with Gasteiger partial charge in [0.1, 0.15) is 0 Å². The lowest BCUT2D eigenvalue weighted by Crippen LogP contribution is -1.86. The highest BCUT2D eigenvalue weighted by molar-refractivity contribution is 6.32. The third-order valence-corrected chi connectivity index (χ3v) is 8.95. The maximum absolute atomic E-state index is 2.37. The number of fused-ring (bicyclic) bond motifs is 12. The van der Waals surface area contributed by atoms with E-state index in [1.807, 2.05) is 0 Å². The van der Waals surface area contributed by atoms with Crippen molar-refractivity contribution in [1.29, 1.82) is 0 Å². The first-order valence-corrected chi connectivity index (χ1v) is 14.6. The summed E-state index contributed by atoms with van der Waals surface area (Å²) < 4.78 is 0. The average Bonchev–Trinajstić information content (AvgIpc) is 3.06. The molecule has 0 unspecified atom stereocenters. The van der Waals surface area contributed by atoms with Crippen molar-refractivity contribution in [2.45, 2.75) is 0 Å². The lowest BCUT2D eigenvalue weighted by atomic mass is 9.90. The van der Waals surface area contributed by atoms with Crippen LogP contribution in [0.3, 0.4) is 0 Å². The molecule has 0 amide bonds. The summed E-state index contributed by atoms with van der Waals surface area (Å²) in [6.07, 6.45) is 4.50. The maximum Gasteiger partial charge on any atom is -0.00143 e. The van der Waals surface area contributed by atoms with Gasteiger partial charge in [0.15, 0.2) is 0 Å². The molecule has 0 aliphatic rings. The Morgan fingerprint density at radius 2 is 0.643 bits per heavy atom. The van der Waals surface area contributed by atoms with Gasteiger partial charge in [-0.3, -0.25) is 0 Å². The van der Waals surface area contributed by atoms with Crippen molar-refractivity contribution in [1.82, 2.24) is 0 Å². The lowest BCUT2D eigenvalue weighted by molar-refractivity contribution is 1.71. The number of benzene rings is 9. The van der Waals surface area contributed by atoms with Gasteiger partial charge in [-0.05, 0) is 98.7 Å². The van der Waals surface area contributed by atoms with Crippen molar-refractivity contribution in [3.63, 3.8) is 0 Å². The first-order valence-electron chi connectivity index (χ1n) is 14.6. The molecule has 0 bridgehead atoms. The molecule has 9 rings (SSSR count). The number of hydrogen-bond donors (Lipinski definition) is 0. The highest BCUT2D eigenvalue weighted by Gasteiger charge is 2.12. The van der Waals surface area contributed by atoms with Gasteiger partial charge < -0.3 is 0 Å². The monoisotopic (exact) mass is 530 g/mol. The summed E-state index contributed by atoms with van der Waals surface area (Å²) in [6.45, 7) is 0. The zero-order valence-corrected chi connectivity index (χ0v) is 23.0. The van der Waals surface area contributed by atoms with E-state index >= 15 is 0 Å². The second-order valence-electron chi connectivity index (χ2n) is 11.4. The fourth-order valence-corrected chi connectivity index (χ4v) is 6.89. The minimum atomic E-state index is 1.20. The van der Waals surface area contributed by atoms with E-state index < -0.39 is 0 Å². The van der Waals surface area contributed by atoms with Crippen LogP contribution in [0.1, 0.15) is 11.1 Å². The van der Waals surface area contributed by atoms with E-state index in [4.69, 9.17) is 0 Å². The van der Waals surface area contributed by atoms with Crippen LogP contribution in [0.25, 0.3) is 87.6 Å². The molecule has 194 valence electrons. The summed E-state index contributed by atoms with van der Waals surface area (Å²) in [7, 11) is 0. The molecule has 0 heteroatoms. The second kappa shape index (κ2) is 9.03. The van der Waals surface area contributed by atoms with Crippen molar-refractivity contribution < 1.29 is 0 Å². The molecule has 0 nitrogen and oxygen atoms in total. The average molecular weight is 531 g/mol. The molecule has 0 aromatic heterocycles. The molecule has 9 aromatic rings. The topological polar surface area (TPSA) is 0 Å². The van der Waals surface area contributed by atoms with E-state index in [9.17, 15) is 0 Å². The molecule has 0 aliphatic heterocycles. The van der Waals surface area contributed by atoms with E-state index in [0.717, 1.165) is 0 Å². The fourth-order valence-electron chi connectivity index (χ4n) is 6.89. The zero-order chi connectivity index (χ0) is 27.6. The number of rotatable bonds is 2. The molecule has 0 N–H and O–H groups in total. The molecule has 42 heavy (non-hydrogen) atoms. The molecule has 0 spiro atoms. The standard InChI is InChI=1S/C42H26/c1-3-7-36-29(5-1)15-16-31-13-11-27(25-38(31)36)9-10-28-12-14-32-18-20-34-22-24-35-23-21-33-19-17-30-6-2-4-8-37(30)40(33)42(35)41(34)39(32)26-28/h1-26H/b10-9+. The van der Waals surface area contributed by atoms with E-state index in [2.05, 4.69) is 158 Å². The van der Waals surface area contributed by atoms with Crippen LogP contribution in [-0.4, -0.2) is 0 Å². The SMILES string of the molecule is C(=C\c1ccc2ccc3ccc4ccc5ccc6ccccc6c5c4c3c2c1)/c1ccc2ccc3ccccc3c2c1. The summed E-state index contributed by atoms with van der Waals surface area (Å²) in [6, 6.07) is 53.6. The van der Waals surface area contributed by atoms with Crippen LogP contribution in [0.5, 0.6) is 0 Å². The van der Waals surface area contributed by atoms with Gasteiger partial charge in [0.25, 0.3) is 0 Å². The van der Waals surface area contributed by atoms with Gasteiger partial charge in [0.05, 0.1) is 0 Å². The van der Waals surface area contributed by atoms with E-state index in [-0.39, 0.29) is 0 Å². The molecule has 0 atom stereocenters. The van der Waals surface area contributed by atoms with Gasteiger partial charge in [-0.25, -0.2) is 0 Å². The van der Waals surface area contributed by atoms with Crippen molar-refractivity contribution in [3.8, 4) is 0 Å². The van der Waals surface area contributed by atoms with Crippen molar-refractivity contribution in [2.75, 3.05) is 0 Å². The Morgan fingerprint density at radius 3 is 1.26 bits per heavy atom. The second-order valence-corrected chi connectivity index (χ2v) is 11.4. The molecule has 0 saturated heterocycles. The smallest absolute Gasteiger partial charge is 0.00143 e. The van der Waals surface area contributed by atoms with Gasteiger partial charge in [-0.1, -0.05) is 146 Å². The van der Waals surface area contributed by atoms with Gasteiger partial charge in [0.2, 0.25) is 0 Å². The Bertz CT molecular complexity index is 2550. The van der Waals surface area contributed by atoms with Crippen LogP contribution in [0.15, 0.2) is 146 Å². The molecule has 0 radical (unpaired) electrons. The zero-order valence-electron chi connectivity index (χ0n) is 23.0. The van der Waals surface area contributed by atoms with E-state index in [1.165, 1.54) is 86.5 Å². The summed E-state index contributed by atoms with van der Waals surface area (Å²) >= 11 is 0.